The Balaban J connectivity index is 1.62. The molecule has 5 heteroatoms. The number of benzene rings is 1. The van der Waals surface area contributed by atoms with Crippen LogP contribution in [0.5, 0.6) is 0 Å². The van der Waals surface area contributed by atoms with Crippen molar-refractivity contribution in [3.05, 3.63) is 29.8 Å². The van der Waals surface area contributed by atoms with Gasteiger partial charge in [0.1, 0.15) is 6.04 Å². The van der Waals surface area contributed by atoms with E-state index < -0.39 is 0 Å². The van der Waals surface area contributed by atoms with Crippen molar-refractivity contribution in [3.63, 3.8) is 0 Å². The van der Waals surface area contributed by atoms with Gasteiger partial charge in [0.2, 0.25) is 5.91 Å². The SMILES string of the molecule is CN(C)CCOCCNC(=O)[C@@H]1Cc2ccccc2N1. The number of anilines is 1. The van der Waals surface area contributed by atoms with Crippen LogP contribution in [0.4, 0.5) is 5.69 Å². The zero-order valence-corrected chi connectivity index (χ0v) is 12.2. The van der Waals surface area contributed by atoms with E-state index in [1.165, 1.54) is 5.56 Å². The molecule has 20 heavy (non-hydrogen) atoms. The highest BCUT2D eigenvalue weighted by Crippen LogP contribution is 2.24. The summed E-state index contributed by atoms with van der Waals surface area (Å²) in [6.07, 6.45) is 0.753. The molecule has 1 aromatic rings. The molecule has 1 aliphatic rings. The largest absolute Gasteiger partial charge is 0.378 e. The Morgan fingerprint density at radius 3 is 2.95 bits per heavy atom. The van der Waals surface area contributed by atoms with Crippen molar-refractivity contribution in [1.29, 1.82) is 0 Å². The predicted molar refractivity (Wildman–Crippen MR) is 79.9 cm³/mol. The smallest absolute Gasteiger partial charge is 0.242 e. The van der Waals surface area contributed by atoms with Crippen LogP contribution in [-0.2, 0) is 16.0 Å². The van der Waals surface area contributed by atoms with Crippen molar-refractivity contribution in [2.45, 2.75) is 12.5 Å². The number of nitrogens with zero attached hydrogens (tertiary/aromatic N) is 1. The second-order valence-electron chi connectivity index (χ2n) is 5.26. The summed E-state index contributed by atoms with van der Waals surface area (Å²) in [5, 5.41) is 6.15. The molecule has 0 spiro atoms. The van der Waals surface area contributed by atoms with Crippen LogP contribution in [0.25, 0.3) is 0 Å². The number of nitrogens with one attached hydrogen (secondary N) is 2. The van der Waals surface area contributed by atoms with Crippen molar-refractivity contribution in [2.24, 2.45) is 0 Å². The third-order valence-electron chi connectivity index (χ3n) is 3.32. The Kier molecular flexibility index (Phi) is 5.38. The molecule has 5 nitrogen and oxygen atoms in total. The summed E-state index contributed by atoms with van der Waals surface area (Å²) in [7, 11) is 4.02. The molecule has 1 heterocycles. The second-order valence-corrected chi connectivity index (χ2v) is 5.26. The second kappa shape index (κ2) is 7.26. The Labute approximate surface area is 120 Å². The molecule has 0 saturated carbocycles. The maximum Gasteiger partial charge on any atom is 0.242 e. The Hall–Kier alpha value is -1.59. The van der Waals surface area contributed by atoms with E-state index >= 15 is 0 Å². The monoisotopic (exact) mass is 277 g/mol. The molecule has 1 atom stereocenters. The average molecular weight is 277 g/mol. The topological polar surface area (TPSA) is 53.6 Å². The van der Waals surface area contributed by atoms with Crippen LogP contribution < -0.4 is 10.6 Å². The van der Waals surface area contributed by atoms with Gasteiger partial charge in [-0.05, 0) is 25.7 Å². The zero-order chi connectivity index (χ0) is 14.4. The third-order valence-corrected chi connectivity index (χ3v) is 3.32. The quantitative estimate of drug-likeness (QED) is 0.721. The number of carbonyl (C=O) groups excluding carboxylic acids is 1. The molecule has 0 unspecified atom stereocenters. The summed E-state index contributed by atoms with van der Waals surface area (Å²) in [5.74, 6) is 0.0393. The molecule has 0 bridgehead atoms. The van der Waals surface area contributed by atoms with Crippen LogP contribution >= 0.6 is 0 Å². The van der Waals surface area contributed by atoms with E-state index in [-0.39, 0.29) is 11.9 Å². The lowest BCUT2D eigenvalue weighted by atomic mass is 10.1. The van der Waals surface area contributed by atoms with Gasteiger partial charge in [-0.2, -0.15) is 0 Å². The van der Waals surface area contributed by atoms with Crippen LogP contribution in [0.1, 0.15) is 5.56 Å². The van der Waals surface area contributed by atoms with E-state index in [1.54, 1.807) is 0 Å². The molecular weight excluding hydrogens is 254 g/mol. The fourth-order valence-corrected chi connectivity index (χ4v) is 2.17. The van der Waals surface area contributed by atoms with Crippen LogP contribution in [0.15, 0.2) is 24.3 Å². The number of rotatable bonds is 7. The molecular formula is C15H23N3O2. The molecule has 1 aliphatic heterocycles. The Morgan fingerprint density at radius 2 is 2.20 bits per heavy atom. The molecule has 0 aromatic heterocycles. The number of carbonyl (C=O) groups is 1. The van der Waals surface area contributed by atoms with Gasteiger partial charge in [0, 0.05) is 25.2 Å². The lowest BCUT2D eigenvalue weighted by Gasteiger charge is -2.13. The summed E-state index contributed by atoms with van der Waals surface area (Å²) in [4.78, 5) is 14.1. The zero-order valence-electron chi connectivity index (χ0n) is 12.2. The van der Waals surface area contributed by atoms with Crippen LogP contribution in [0, 0.1) is 0 Å². The predicted octanol–water partition coefficient (Wildman–Crippen LogP) is 0.718. The van der Waals surface area contributed by atoms with Crippen molar-refractivity contribution < 1.29 is 9.53 Å². The lowest BCUT2D eigenvalue weighted by molar-refractivity contribution is -0.121. The number of likely N-dealkylation sites (N-methyl/N-ethyl adjacent to an activating group) is 1. The summed E-state index contributed by atoms with van der Waals surface area (Å²) in [6, 6.07) is 7.88. The highest BCUT2D eigenvalue weighted by atomic mass is 16.5. The minimum absolute atomic E-state index is 0.0393. The number of para-hydroxylation sites is 1. The first-order chi connectivity index (χ1) is 9.66. The van der Waals surface area contributed by atoms with E-state index in [0.29, 0.717) is 19.8 Å². The maximum absolute atomic E-state index is 12.0. The number of hydrogen-bond donors (Lipinski definition) is 2. The summed E-state index contributed by atoms with van der Waals surface area (Å²) in [5.41, 5.74) is 2.27. The van der Waals surface area contributed by atoms with E-state index in [9.17, 15) is 4.79 Å². The van der Waals surface area contributed by atoms with Gasteiger partial charge in [-0.1, -0.05) is 18.2 Å². The van der Waals surface area contributed by atoms with Gasteiger partial charge in [0.25, 0.3) is 0 Å². The van der Waals surface area contributed by atoms with Crippen molar-refractivity contribution >= 4 is 11.6 Å². The normalized spacial score (nSPS) is 16.9. The highest BCUT2D eigenvalue weighted by Gasteiger charge is 2.25. The molecule has 0 aliphatic carbocycles. The average Bonchev–Trinajstić information content (AvgIpc) is 2.86. The van der Waals surface area contributed by atoms with Crippen LogP contribution in [-0.4, -0.2) is 57.2 Å². The van der Waals surface area contributed by atoms with Gasteiger partial charge in [0.05, 0.1) is 13.2 Å². The standard InChI is InChI=1S/C15H23N3O2/c1-18(2)8-10-20-9-7-16-15(19)14-11-12-5-3-4-6-13(12)17-14/h3-6,14,17H,7-11H2,1-2H3,(H,16,19)/t14-/m0/s1. The third kappa shape index (κ3) is 4.21. The first-order valence-electron chi connectivity index (χ1n) is 7.01. The van der Waals surface area contributed by atoms with Crippen molar-refractivity contribution in [3.8, 4) is 0 Å². The van der Waals surface area contributed by atoms with Crippen molar-refractivity contribution in [1.82, 2.24) is 10.2 Å². The summed E-state index contributed by atoms with van der Waals surface area (Å²) >= 11 is 0. The minimum atomic E-state index is -0.158. The first kappa shape index (κ1) is 14.8. The number of fused-ring (bicyclic) bond motifs is 1. The molecule has 0 radical (unpaired) electrons. The van der Waals surface area contributed by atoms with Crippen molar-refractivity contribution in [2.75, 3.05) is 45.7 Å². The van der Waals surface area contributed by atoms with Gasteiger partial charge in [-0.15, -0.1) is 0 Å². The van der Waals surface area contributed by atoms with E-state index in [2.05, 4.69) is 21.6 Å². The molecule has 0 saturated heterocycles. The molecule has 110 valence electrons. The molecule has 0 fully saturated rings. The number of ether oxygens (including phenoxy) is 1. The number of amides is 1. The van der Waals surface area contributed by atoms with Gasteiger partial charge < -0.3 is 20.3 Å². The number of hydrogen-bond acceptors (Lipinski definition) is 4. The summed E-state index contributed by atoms with van der Waals surface area (Å²) < 4.78 is 5.44. The van der Waals surface area contributed by atoms with Gasteiger partial charge in [-0.3, -0.25) is 4.79 Å². The fraction of sp³-hybridized carbons (Fsp3) is 0.533. The molecule has 1 aromatic carbocycles. The van der Waals surface area contributed by atoms with Crippen LogP contribution in [0.2, 0.25) is 0 Å². The maximum atomic E-state index is 12.0. The fourth-order valence-electron chi connectivity index (χ4n) is 2.17. The van der Waals surface area contributed by atoms with E-state index in [4.69, 9.17) is 4.74 Å². The van der Waals surface area contributed by atoms with E-state index in [1.807, 2.05) is 32.3 Å². The minimum Gasteiger partial charge on any atom is -0.378 e. The van der Waals surface area contributed by atoms with E-state index in [0.717, 1.165) is 18.7 Å². The Morgan fingerprint density at radius 1 is 1.40 bits per heavy atom. The summed E-state index contributed by atoms with van der Waals surface area (Å²) in [6.45, 7) is 2.70. The Bertz CT molecular complexity index is 423. The van der Waals surface area contributed by atoms with Gasteiger partial charge >= 0.3 is 0 Å². The molecule has 2 N–H and O–H groups in total. The molecule has 2 rings (SSSR count). The van der Waals surface area contributed by atoms with Gasteiger partial charge in [-0.25, -0.2) is 0 Å². The highest BCUT2D eigenvalue weighted by molar-refractivity contribution is 5.87. The molecule has 1 amide bonds. The first-order valence-corrected chi connectivity index (χ1v) is 7.01. The lowest BCUT2D eigenvalue weighted by Crippen LogP contribution is -2.40. The van der Waals surface area contributed by atoms with Gasteiger partial charge in [0.15, 0.2) is 0 Å². The van der Waals surface area contributed by atoms with Crippen LogP contribution in [0.3, 0.4) is 0 Å².